The molecule has 0 atom stereocenters. The highest BCUT2D eigenvalue weighted by molar-refractivity contribution is 5.79. The van der Waals surface area contributed by atoms with Crippen molar-refractivity contribution < 1.29 is 9.90 Å². The van der Waals surface area contributed by atoms with E-state index in [0.29, 0.717) is 13.1 Å². The topological polar surface area (TPSA) is 40.5 Å². The van der Waals surface area contributed by atoms with Crippen LogP contribution in [0.3, 0.4) is 0 Å². The summed E-state index contributed by atoms with van der Waals surface area (Å²) in [6, 6.07) is 0. The number of carbonyl (C=O) groups excluding carboxylic acids is 1. The molecule has 1 saturated carbocycles. The van der Waals surface area contributed by atoms with Gasteiger partial charge in [-0.15, -0.1) is 0 Å². The fraction of sp³-hybridized carbons (Fsp3) is 0.917. The molecule has 0 radical (unpaired) electrons. The Kier molecular flexibility index (Phi) is 4.14. The van der Waals surface area contributed by atoms with E-state index in [-0.39, 0.29) is 11.8 Å². The molecule has 0 aromatic heterocycles. The summed E-state index contributed by atoms with van der Waals surface area (Å²) in [4.78, 5) is 13.9. The van der Waals surface area contributed by atoms with Crippen molar-refractivity contribution in [2.24, 2.45) is 5.92 Å². The monoisotopic (exact) mass is 213 g/mol. The third kappa shape index (κ3) is 3.82. The maximum absolute atomic E-state index is 12.1. The molecule has 15 heavy (non-hydrogen) atoms. The van der Waals surface area contributed by atoms with E-state index in [4.69, 9.17) is 0 Å². The van der Waals surface area contributed by atoms with Crippen molar-refractivity contribution in [3.05, 3.63) is 0 Å². The van der Waals surface area contributed by atoms with Crippen LogP contribution in [0.5, 0.6) is 0 Å². The van der Waals surface area contributed by atoms with Gasteiger partial charge in [-0.25, -0.2) is 0 Å². The summed E-state index contributed by atoms with van der Waals surface area (Å²) in [7, 11) is 0. The third-order valence-corrected chi connectivity index (χ3v) is 2.98. The summed E-state index contributed by atoms with van der Waals surface area (Å²) in [5, 5.41) is 9.72. The minimum Gasteiger partial charge on any atom is -0.389 e. The van der Waals surface area contributed by atoms with Gasteiger partial charge in [0.1, 0.15) is 0 Å². The molecule has 1 N–H and O–H groups in total. The highest BCUT2D eigenvalue weighted by Crippen LogP contribution is 2.26. The summed E-state index contributed by atoms with van der Waals surface area (Å²) >= 11 is 0. The zero-order chi connectivity index (χ0) is 11.5. The van der Waals surface area contributed by atoms with Gasteiger partial charge in [0.25, 0.3) is 0 Å². The Hall–Kier alpha value is -0.570. The van der Waals surface area contributed by atoms with E-state index in [0.717, 1.165) is 12.8 Å². The van der Waals surface area contributed by atoms with Gasteiger partial charge in [-0.05, 0) is 33.6 Å². The van der Waals surface area contributed by atoms with Crippen molar-refractivity contribution in [2.75, 3.05) is 13.1 Å². The molecule has 0 aromatic carbocycles. The van der Waals surface area contributed by atoms with Gasteiger partial charge in [0.2, 0.25) is 5.91 Å². The summed E-state index contributed by atoms with van der Waals surface area (Å²) in [5.74, 6) is 0.449. The number of likely N-dealkylation sites (N-methyl/N-ethyl adjacent to an activating group) is 1. The molecule has 88 valence electrons. The van der Waals surface area contributed by atoms with E-state index >= 15 is 0 Å². The number of rotatable bonds is 4. The van der Waals surface area contributed by atoms with Crippen molar-refractivity contribution in [3.8, 4) is 0 Å². The zero-order valence-electron chi connectivity index (χ0n) is 10.1. The second-order valence-corrected chi connectivity index (χ2v) is 5.15. The number of hydrogen-bond donors (Lipinski definition) is 1. The Morgan fingerprint density at radius 2 is 1.93 bits per heavy atom. The fourth-order valence-corrected chi connectivity index (χ4v) is 2.24. The average Bonchev–Trinajstić information content (AvgIpc) is 2.64. The molecule has 0 aliphatic heterocycles. The lowest BCUT2D eigenvalue weighted by Crippen LogP contribution is -2.44. The van der Waals surface area contributed by atoms with Crippen molar-refractivity contribution in [2.45, 2.75) is 52.1 Å². The van der Waals surface area contributed by atoms with Crippen molar-refractivity contribution in [1.82, 2.24) is 4.90 Å². The molecule has 1 fully saturated rings. The van der Waals surface area contributed by atoms with Gasteiger partial charge < -0.3 is 10.0 Å². The lowest BCUT2D eigenvalue weighted by atomic mass is 10.0. The molecule has 0 unspecified atom stereocenters. The smallest absolute Gasteiger partial charge is 0.225 e. The zero-order valence-corrected chi connectivity index (χ0v) is 10.1. The standard InChI is InChI=1S/C12H23NO2/c1-4-13(9-12(2,3)15)11(14)10-7-5-6-8-10/h10,15H,4-9H2,1-3H3. The Morgan fingerprint density at radius 1 is 1.40 bits per heavy atom. The molecule has 0 spiro atoms. The number of hydrogen-bond acceptors (Lipinski definition) is 2. The molecule has 3 heteroatoms. The molecule has 1 rings (SSSR count). The molecular formula is C12H23NO2. The van der Waals surface area contributed by atoms with Crippen molar-refractivity contribution in [3.63, 3.8) is 0 Å². The molecule has 0 saturated heterocycles. The first-order valence-corrected chi connectivity index (χ1v) is 5.95. The van der Waals surface area contributed by atoms with Crippen LogP contribution < -0.4 is 0 Å². The number of aliphatic hydroxyl groups is 1. The first-order valence-electron chi connectivity index (χ1n) is 5.95. The van der Waals surface area contributed by atoms with Gasteiger partial charge in [-0.1, -0.05) is 12.8 Å². The molecule has 1 aliphatic rings. The summed E-state index contributed by atoms with van der Waals surface area (Å²) < 4.78 is 0. The van der Waals surface area contributed by atoms with Gasteiger partial charge in [0.05, 0.1) is 5.60 Å². The minimum absolute atomic E-state index is 0.215. The van der Waals surface area contributed by atoms with Crippen molar-refractivity contribution in [1.29, 1.82) is 0 Å². The van der Waals surface area contributed by atoms with E-state index in [1.165, 1.54) is 12.8 Å². The second-order valence-electron chi connectivity index (χ2n) is 5.15. The quantitative estimate of drug-likeness (QED) is 0.773. The van der Waals surface area contributed by atoms with Crippen LogP contribution in [0.15, 0.2) is 0 Å². The Morgan fingerprint density at radius 3 is 2.33 bits per heavy atom. The normalized spacial score (nSPS) is 18.1. The average molecular weight is 213 g/mol. The van der Waals surface area contributed by atoms with Crippen LogP contribution in [-0.4, -0.2) is 34.6 Å². The highest BCUT2D eigenvalue weighted by Gasteiger charge is 2.29. The van der Waals surface area contributed by atoms with E-state index < -0.39 is 5.60 Å². The van der Waals surface area contributed by atoms with Gasteiger partial charge in [-0.2, -0.15) is 0 Å². The SMILES string of the molecule is CCN(CC(C)(C)O)C(=O)C1CCCC1. The maximum Gasteiger partial charge on any atom is 0.225 e. The number of carbonyl (C=O) groups is 1. The molecule has 0 bridgehead atoms. The van der Waals surface area contributed by atoms with Gasteiger partial charge in [0, 0.05) is 19.0 Å². The second kappa shape index (κ2) is 4.97. The third-order valence-electron chi connectivity index (χ3n) is 2.98. The lowest BCUT2D eigenvalue weighted by molar-refractivity contribution is -0.138. The highest BCUT2D eigenvalue weighted by atomic mass is 16.3. The maximum atomic E-state index is 12.1. The molecule has 0 aromatic rings. The largest absolute Gasteiger partial charge is 0.389 e. The van der Waals surface area contributed by atoms with Crippen LogP contribution in [0.4, 0.5) is 0 Å². The van der Waals surface area contributed by atoms with Crippen LogP contribution in [0, 0.1) is 5.92 Å². The van der Waals surface area contributed by atoms with Gasteiger partial charge in [0.15, 0.2) is 0 Å². The number of amides is 1. The first kappa shape index (κ1) is 12.5. The van der Waals surface area contributed by atoms with Gasteiger partial charge in [-0.3, -0.25) is 4.79 Å². The lowest BCUT2D eigenvalue weighted by Gasteiger charge is -2.30. The van der Waals surface area contributed by atoms with E-state index in [1.54, 1.807) is 18.7 Å². The van der Waals surface area contributed by atoms with Crippen LogP contribution in [0.1, 0.15) is 46.5 Å². The Labute approximate surface area is 92.5 Å². The predicted octanol–water partition coefficient (Wildman–Crippen LogP) is 1.80. The van der Waals surface area contributed by atoms with Crippen LogP contribution in [-0.2, 0) is 4.79 Å². The summed E-state index contributed by atoms with van der Waals surface area (Å²) in [5.41, 5.74) is -0.787. The summed E-state index contributed by atoms with van der Waals surface area (Å²) in [6.45, 7) is 6.60. The van der Waals surface area contributed by atoms with E-state index in [9.17, 15) is 9.90 Å². The molecule has 1 amide bonds. The van der Waals surface area contributed by atoms with Crippen LogP contribution in [0.2, 0.25) is 0 Å². The Balaban J connectivity index is 2.53. The molecule has 3 nitrogen and oxygen atoms in total. The molecule has 1 aliphatic carbocycles. The number of nitrogens with zero attached hydrogens (tertiary/aromatic N) is 1. The van der Waals surface area contributed by atoms with Crippen LogP contribution in [0.25, 0.3) is 0 Å². The molecular weight excluding hydrogens is 190 g/mol. The predicted molar refractivity (Wildman–Crippen MR) is 60.5 cm³/mol. The fourth-order valence-electron chi connectivity index (χ4n) is 2.24. The van der Waals surface area contributed by atoms with Crippen LogP contribution >= 0.6 is 0 Å². The van der Waals surface area contributed by atoms with E-state index in [1.807, 2.05) is 6.92 Å². The molecule has 0 heterocycles. The minimum atomic E-state index is -0.787. The Bertz CT molecular complexity index is 214. The van der Waals surface area contributed by atoms with Crippen molar-refractivity contribution >= 4 is 5.91 Å². The summed E-state index contributed by atoms with van der Waals surface area (Å²) in [6.07, 6.45) is 4.41. The van der Waals surface area contributed by atoms with Gasteiger partial charge >= 0.3 is 0 Å². The van der Waals surface area contributed by atoms with E-state index in [2.05, 4.69) is 0 Å². The first-order chi connectivity index (χ1) is 6.94.